The lowest BCUT2D eigenvalue weighted by molar-refractivity contribution is -0.149. The van der Waals surface area contributed by atoms with Gasteiger partial charge < -0.3 is 19.4 Å². The lowest BCUT2D eigenvalue weighted by Crippen LogP contribution is -2.01. The Hall–Kier alpha value is -4.58. The van der Waals surface area contributed by atoms with Gasteiger partial charge in [-0.2, -0.15) is 0 Å². The minimum absolute atomic E-state index is 0.246. The molecular weight excluding hydrogens is 416 g/mol. The van der Waals surface area contributed by atoms with Crippen molar-refractivity contribution in [1.82, 2.24) is 9.97 Å². The highest BCUT2D eigenvalue weighted by Gasteiger charge is 2.37. The molecule has 33 heavy (non-hydrogen) atoms. The van der Waals surface area contributed by atoms with Crippen molar-refractivity contribution in [3.05, 3.63) is 102 Å². The van der Waals surface area contributed by atoms with Gasteiger partial charge >= 0.3 is 11.9 Å². The normalized spacial score (nSPS) is 13.8. The molecule has 0 spiro atoms. The summed E-state index contributed by atoms with van der Waals surface area (Å²) in [5.41, 5.74) is 4.51. The van der Waals surface area contributed by atoms with Crippen LogP contribution < -0.4 is 4.74 Å². The number of carbonyl (C=O) groups is 2. The van der Waals surface area contributed by atoms with Crippen molar-refractivity contribution in [3.63, 3.8) is 0 Å². The van der Waals surface area contributed by atoms with E-state index in [1.807, 2.05) is 72.8 Å². The molecule has 2 aromatic heterocycles. The van der Waals surface area contributed by atoms with E-state index in [2.05, 4.69) is 9.97 Å². The number of esters is 2. The van der Waals surface area contributed by atoms with Crippen LogP contribution in [-0.2, 0) is 20.9 Å². The SMILES string of the molecule is O=C1OC(=O)C(c2c[nH]c3ccc(OCc4ccccc4)cc23)=C1c1c[nH]c2ccccc12. The summed E-state index contributed by atoms with van der Waals surface area (Å²) in [5.74, 6) is -0.637. The summed E-state index contributed by atoms with van der Waals surface area (Å²) in [6.07, 6.45) is 3.47. The van der Waals surface area contributed by atoms with Gasteiger partial charge in [0.05, 0.1) is 11.1 Å². The van der Waals surface area contributed by atoms with Gasteiger partial charge in [0.15, 0.2) is 0 Å². The van der Waals surface area contributed by atoms with Crippen LogP contribution in [0.4, 0.5) is 0 Å². The number of nitrogens with one attached hydrogen (secondary N) is 2. The lowest BCUT2D eigenvalue weighted by Gasteiger charge is -2.07. The third kappa shape index (κ3) is 3.20. The van der Waals surface area contributed by atoms with Gasteiger partial charge in [-0.05, 0) is 29.8 Å². The number of aromatic amines is 2. The minimum atomic E-state index is -0.656. The summed E-state index contributed by atoms with van der Waals surface area (Å²) in [5, 5.41) is 1.63. The smallest absolute Gasteiger partial charge is 0.347 e. The van der Waals surface area contributed by atoms with E-state index < -0.39 is 11.9 Å². The van der Waals surface area contributed by atoms with Crippen LogP contribution >= 0.6 is 0 Å². The van der Waals surface area contributed by atoms with Crippen LogP contribution in [0.25, 0.3) is 33.0 Å². The van der Waals surface area contributed by atoms with Crippen LogP contribution in [0.5, 0.6) is 5.75 Å². The van der Waals surface area contributed by atoms with Crippen molar-refractivity contribution >= 4 is 44.9 Å². The van der Waals surface area contributed by atoms with Crippen molar-refractivity contribution in [3.8, 4) is 5.75 Å². The fourth-order valence-corrected chi connectivity index (χ4v) is 4.30. The zero-order valence-electron chi connectivity index (χ0n) is 17.4. The topological polar surface area (TPSA) is 84.2 Å². The molecular formula is C27H18N2O4. The summed E-state index contributed by atoms with van der Waals surface area (Å²) in [6.45, 7) is 0.427. The first-order valence-electron chi connectivity index (χ1n) is 10.5. The van der Waals surface area contributed by atoms with E-state index in [9.17, 15) is 9.59 Å². The Balaban J connectivity index is 1.46. The number of rotatable bonds is 5. The molecule has 3 heterocycles. The van der Waals surface area contributed by atoms with E-state index in [1.54, 1.807) is 12.4 Å². The van der Waals surface area contributed by atoms with Crippen LogP contribution in [0.15, 0.2) is 85.2 Å². The first-order valence-corrected chi connectivity index (χ1v) is 10.5. The molecule has 0 aliphatic carbocycles. The highest BCUT2D eigenvalue weighted by Crippen LogP contribution is 2.40. The second-order valence-corrected chi connectivity index (χ2v) is 7.86. The van der Waals surface area contributed by atoms with Gasteiger partial charge in [-0.3, -0.25) is 0 Å². The molecule has 0 saturated heterocycles. The summed E-state index contributed by atoms with van der Waals surface area (Å²) >= 11 is 0. The van der Waals surface area contributed by atoms with Crippen LogP contribution in [0.2, 0.25) is 0 Å². The van der Waals surface area contributed by atoms with Crippen LogP contribution in [-0.4, -0.2) is 21.9 Å². The Labute approximate surface area is 188 Å². The van der Waals surface area contributed by atoms with Crippen LogP contribution in [0.1, 0.15) is 16.7 Å². The van der Waals surface area contributed by atoms with E-state index in [-0.39, 0.29) is 11.1 Å². The average Bonchev–Trinajstić information content (AvgIpc) is 3.52. The van der Waals surface area contributed by atoms with E-state index in [1.165, 1.54) is 0 Å². The number of ether oxygens (including phenoxy) is 2. The van der Waals surface area contributed by atoms with Gasteiger partial charge in [0.2, 0.25) is 0 Å². The first-order chi connectivity index (χ1) is 16.2. The number of para-hydroxylation sites is 1. The molecule has 0 atom stereocenters. The van der Waals surface area contributed by atoms with Crippen molar-refractivity contribution in [1.29, 1.82) is 0 Å². The molecule has 1 aliphatic rings. The molecule has 0 saturated carbocycles. The van der Waals surface area contributed by atoms with Crippen LogP contribution in [0, 0.1) is 0 Å². The molecule has 2 N–H and O–H groups in total. The number of benzene rings is 3. The lowest BCUT2D eigenvalue weighted by atomic mass is 9.95. The van der Waals surface area contributed by atoms with E-state index in [0.29, 0.717) is 23.5 Å². The van der Waals surface area contributed by atoms with Gasteiger partial charge in [0.1, 0.15) is 12.4 Å². The molecule has 6 nitrogen and oxygen atoms in total. The number of hydrogen-bond acceptors (Lipinski definition) is 4. The van der Waals surface area contributed by atoms with Gasteiger partial charge in [-0.1, -0.05) is 48.5 Å². The molecule has 3 aromatic carbocycles. The predicted octanol–water partition coefficient (Wildman–Crippen LogP) is 5.22. The third-order valence-corrected chi connectivity index (χ3v) is 5.87. The van der Waals surface area contributed by atoms with Gasteiger partial charge in [0, 0.05) is 45.3 Å². The molecule has 6 rings (SSSR count). The molecule has 1 aliphatic heterocycles. The fourth-order valence-electron chi connectivity index (χ4n) is 4.30. The number of fused-ring (bicyclic) bond motifs is 2. The average molecular weight is 434 g/mol. The number of H-pyrrole nitrogens is 2. The number of cyclic esters (lactones) is 2. The quantitative estimate of drug-likeness (QED) is 0.293. The summed E-state index contributed by atoms with van der Waals surface area (Å²) in [7, 11) is 0. The van der Waals surface area contributed by atoms with E-state index in [4.69, 9.17) is 9.47 Å². The Bertz CT molecular complexity index is 1570. The Morgan fingerprint density at radius 3 is 2.09 bits per heavy atom. The van der Waals surface area contributed by atoms with Crippen LogP contribution in [0.3, 0.4) is 0 Å². The van der Waals surface area contributed by atoms with Gasteiger partial charge in [-0.15, -0.1) is 0 Å². The number of carbonyl (C=O) groups excluding carboxylic acids is 2. The summed E-state index contributed by atoms with van der Waals surface area (Å²) in [4.78, 5) is 31.9. The largest absolute Gasteiger partial charge is 0.489 e. The number of hydrogen-bond donors (Lipinski definition) is 2. The third-order valence-electron chi connectivity index (χ3n) is 5.87. The monoisotopic (exact) mass is 434 g/mol. The molecule has 0 bridgehead atoms. The zero-order chi connectivity index (χ0) is 22.4. The fraction of sp³-hybridized carbons (Fsp3) is 0.0370. The van der Waals surface area contributed by atoms with Crippen molar-refractivity contribution in [2.75, 3.05) is 0 Å². The number of aromatic nitrogens is 2. The standard InChI is InChI=1S/C27H18N2O4/c30-26-24(20-13-28-22-9-5-4-8-18(20)22)25(27(31)33-26)21-14-29-23-11-10-17(12-19(21)23)32-15-16-6-2-1-3-7-16/h1-14,28-29H,15H2. The zero-order valence-corrected chi connectivity index (χ0v) is 17.4. The van der Waals surface area contributed by atoms with E-state index in [0.717, 1.165) is 27.4 Å². The maximum atomic E-state index is 12.8. The maximum Gasteiger partial charge on any atom is 0.347 e. The molecule has 5 aromatic rings. The molecule has 0 radical (unpaired) electrons. The molecule has 0 unspecified atom stereocenters. The molecule has 160 valence electrons. The molecule has 6 heteroatoms. The first kappa shape index (κ1) is 19.1. The Morgan fingerprint density at radius 1 is 0.697 bits per heavy atom. The van der Waals surface area contributed by atoms with Gasteiger partial charge in [0.25, 0.3) is 0 Å². The van der Waals surface area contributed by atoms with Crippen molar-refractivity contribution in [2.24, 2.45) is 0 Å². The van der Waals surface area contributed by atoms with Crippen molar-refractivity contribution < 1.29 is 19.1 Å². The van der Waals surface area contributed by atoms with Gasteiger partial charge in [-0.25, -0.2) is 9.59 Å². The summed E-state index contributed by atoms with van der Waals surface area (Å²) < 4.78 is 11.0. The highest BCUT2D eigenvalue weighted by atomic mass is 16.6. The minimum Gasteiger partial charge on any atom is -0.489 e. The van der Waals surface area contributed by atoms with E-state index >= 15 is 0 Å². The Kier molecular flexibility index (Phi) is 4.36. The predicted molar refractivity (Wildman–Crippen MR) is 125 cm³/mol. The second-order valence-electron chi connectivity index (χ2n) is 7.86. The second kappa shape index (κ2) is 7.53. The van der Waals surface area contributed by atoms with Crippen molar-refractivity contribution in [2.45, 2.75) is 6.61 Å². The molecule has 0 amide bonds. The molecule has 0 fully saturated rings. The summed E-state index contributed by atoms with van der Waals surface area (Å²) in [6, 6.07) is 23.2. The maximum absolute atomic E-state index is 12.8. The Morgan fingerprint density at radius 2 is 1.33 bits per heavy atom. The highest BCUT2D eigenvalue weighted by molar-refractivity contribution is 6.46.